The molecule has 1 fully saturated rings. The van der Waals surface area contributed by atoms with Gasteiger partial charge in [-0.05, 0) is 24.1 Å². The molecule has 0 aliphatic carbocycles. The summed E-state index contributed by atoms with van der Waals surface area (Å²) in [5, 5.41) is 2.62. The first kappa shape index (κ1) is 18.4. The van der Waals surface area contributed by atoms with Crippen LogP contribution in [0.4, 0.5) is 4.79 Å². The molecule has 0 radical (unpaired) electrons. The summed E-state index contributed by atoms with van der Waals surface area (Å²) in [5.74, 6) is -1.64. The van der Waals surface area contributed by atoms with Crippen molar-refractivity contribution in [2.75, 3.05) is 20.2 Å². The van der Waals surface area contributed by atoms with Crippen LogP contribution in [0.25, 0.3) is 0 Å². The summed E-state index contributed by atoms with van der Waals surface area (Å²) < 4.78 is 5.05. The van der Waals surface area contributed by atoms with Gasteiger partial charge < -0.3 is 10.1 Å². The average Bonchev–Trinajstić information content (AvgIpc) is 2.82. The molecule has 8 heteroatoms. The molecule has 8 nitrogen and oxygen atoms in total. The quantitative estimate of drug-likeness (QED) is 0.557. The molecule has 1 aliphatic rings. The first-order chi connectivity index (χ1) is 12.0. The Morgan fingerprint density at radius 3 is 2.32 bits per heavy atom. The van der Waals surface area contributed by atoms with Crippen LogP contribution in [0.15, 0.2) is 24.3 Å². The molecule has 1 heterocycles. The summed E-state index contributed by atoms with van der Waals surface area (Å²) >= 11 is 0. The van der Waals surface area contributed by atoms with Crippen LogP contribution in [-0.4, -0.2) is 53.8 Å². The van der Waals surface area contributed by atoms with E-state index in [1.54, 1.807) is 31.4 Å². The molecule has 5 amide bonds. The highest BCUT2D eigenvalue weighted by Crippen LogP contribution is 2.13. The Kier molecular flexibility index (Phi) is 6.10. The van der Waals surface area contributed by atoms with E-state index in [0.29, 0.717) is 17.1 Å². The van der Waals surface area contributed by atoms with Crippen LogP contribution in [-0.2, 0) is 20.9 Å². The molecule has 0 aromatic heterocycles. The average molecular weight is 347 g/mol. The maximum Gasteiger partial charge on any atom is 0.334 e. The lowest BCUT2D eigenvalue weighted by molar-refractivity contribution is -0.144. The van der Waals surface area contributed by atoms with Gasteiger partial charge in [0.1, 0.15) is 12.3 Å². The Morgan fingerprint density at radius 2 is 1.72 bits per heavy atom. The van der Waals surface area contributed by atoms with Crippen molar-refractivity contribution in [2.24, 2.45) is 0 Å². The fourth-order valence-corrected chi connectivity index (χ4v) is 2.35. The van der Waals surface area contributed by atoms with Crippen LogP contribution in [0.1, 0.15) is 25.3 Å². The molecule has 1 saturated heterocycles. The number of urea groups is 1. The molecular weight excluding hydrogens is 326 g/mol. The summed E-state index contributed by atoms with van der Waals surface area (Å²) in [5.41, 5.74) is 0.842. The molecule has 1 aromatic carbocycles. The van der Waals surface area contributed by atoms with E-state index in [4.69, 9.17) is 4.74 Å². The van der Waals surface area contributed by atoms with Crippen LogP contribution in [0.5, 0.6) is 5.75 Å². The van der Waals surface area contributed by atoms with Crippen molar-refractivity contribution in [3.05, 3.63) is 29.8 Å². The third kappa shape index (κ3) is 4.34. The van der Waals surface area contributed by atoms with Crippen LogP contribution < -0.4 is 10.1 Å². The number of hydrogen-bond acceptors (Lipinski definition) is 5. The van der Waals surface area contributed by atoms with Crippen molar-refractivity contribution in [3.63, 3.8) is 0 Å². The number of benzene rings is 1. The lowest BCUT2D eigenvalue weighted by Crippen LogP contribution is -2.41. The highest BCUT2D eigenvalue weighted by Gasteiger charge is 2.44. The second-order valence-electron chi connectivity index (χ2n) is 5.61. The number of carbonyl (C=O) groups is 4. The Labute approximate surface area is 145 Å². The smallest absolute Gasteiger partial charge is 0.334 e. The third-order valence-electron chi connectivity index (χ3n) is 3.82. The molecule has 1 aromatic rings. The summed E-state index contributed by atoms with van der Waals surface area (Å²) in [6.45, 7) is 1.87. The van der Waals surface area contributed by atoms with Gasteiger partial charge in [0.25, 0.3) is 0 Å². The fraction of sp³-hybridized carbons (Fsp3) is 0.412. The SMILES string of the molecule is CCCCN1C(=O)C(=O)N(CC(=O)NCc2ccc(OC)cc2)C1=O. The van der Waals surface area contributed by atoms with Gasteiger partial charge in [-0.1, -0.05) is 25.5 Å². The fourth-order valence-electron chi connectivity index (χ4n) is 2.35. The van der Waals surface area contributed by atoms with Gasteiger partial charge in [-0.3, -0.25) is 19.3 Å². The zero-order chi connectivity index (χ0) is 18.4. The van der Waals surface area contributed by atoms with Crippen molar-refractivity contribution >= 4 is 23.8 Å². The van der Waals surface area contributed by atoms with Crippen LogP contribution in [0.2, 0.25) is 0 Å². The van der Waals surface area contributed by atoms with E-state index in [0.717, 1.165) is 16.9 Å². The van der Waals surface area contributed by atoms with E-state index in [1.807, 2.05) is 6.92 Å². The summed E-state index contributed by atoms with van der Waals surface area (Å²) in [6.07, 6.45) is 1.40. The first-order valence-corrected chi connectivity index (χ1v) is 8.04. The van der Waals surface area contributed by atoms with E-state index in [1.165, 1.54) is 0 Å². The van der Waals surface area contributed by atoms with E-state index in [2.05, 4.69) is 5.32 Å². The topological polar surface area (TPSA) is 96.0 Å². The number of hydrogen-bond donors (Lipinski definition) is 1. The highest BCUT2D eigenvalue weighted by atomic mass is 16.5. The minimum atomic E-state index is -0.958. The van der Waals surface area contributed by atoms with Crippen molar-refractivity contribution in [3.8, 4) is 5.75 Å². The number of imide groups is 2. The Balaban J connectivity index is 1.89. The van der Waals surface area contributed by atoms with Gasteiger partial charge in [0.2, 0.25) is 5.91 Å². The molecule has 2 rings (SSSR count). The van der Waals surface area contributed by atoms with Gasteiger partial charge in [-0.15, -0.1) is 0 Å². The van der Waals surface area contributed by atoms with E-state index in [-0.39, 0.29) is 13.1 Å². The second kappa shape index (κ2) is 8.27. The Morgan fingerprint density at radius 1 is 1.08 bits per heavy atom. The van der Waals surface area contributed by atoms with E-state index in [9.17, 15) is 19.2 Å². The van der Waals surface area contributed by atoms with Crippen molar-refractivity contribution in [2.45, 2.75) is 26.3 Å². The lowest BCUT2D eigenvalue weighted by Gasteiger charge is -2.15. The van der Waals surface area contributed by atoms with E-state index >= 15 is 0 Å². The minimum Gasteiger partial charge on any atom is -0.497 e. The van der Waals surface area contributed by atoms with Crippen molar-refractivity contribution < 1.29 is 23.9 Å². The number of nitrogens with zero attached hydrogens (tertiary/aromatic N) is 2. The number of carbonyl (C=O) groups excluding carboxylic acids is 4. The molecule has 0 unspecified atom stereocenters. The molecule has 1 aliphatic heterocycles. The monoisotopic (exact) mass is 347 g/mol. The van der Waals surface area contributed by atoms with Gasteiger partial charge >= 0.3 is 17.8 Å². The first-order valence-electron chi connectivity index (χ1n) is 8.04. The Hall–Kier alpha value is -2.90. The molecule has 0 spiro atoms. The van der Waals surface area contributed by atoms with Crippen LogP contribution in [0.3, 0.4) is 0 Å². The standard InChI is InChI=1S/C17H21N3O5/c1-3-4-9-19-15(22)16(23)20(17(19)24)11-14(21)18-10-12-5-7-13(25-2)8-6-12/h5-8H,3-4,9-11H2,1-2H3,(H,18,21). The van der Waals surface area contributed by atoms with Gasteiger partial charge in [0.05, 0.1) is 7.11 Å². The van der Waals surface area contributed by atoms with Gasteiger partial charge in [0.15, 0.2) is 0 Å². The molecule has 134 valence electrons. The van der Waals surface area contributed by atoms with Crippen LogP contribution in [0, 0.1) is 0 Å². The predicted molar refractivity (Wildman–Crippen MR) is 88.6 cm³/mol. The van der Waals surface area contributed by atoms with Gasteiger partial charge in [-0.2, -0.15) is 0 Å². The number of nitrogens with one attached hydrogen (secondary N) is 1. The van der Waals surface area contributed by atoms with Crippen molar-refractivity contribution in [1.82, 2.24) is 15.1 Å². The summed E-state index contributed by atoms with van der Waals surface area (Å²) in [6, 6.07) is 6.38. The Bertz CT molecular complexity index is 671. The largest absolute Gasteiger partial charge is 0.497 e. The molecule has 25 heavy (non-hydrogen) atoms. The van der Waals surface area contributed by atoms with E-state index < -0.39 is 30.3 Å². The third-order valence-corrected chi connectivity index (χ3v) is 3.82. The van der Waals surface area contributed by atoms with Crippen LogP contribution >= 0.6 is 0 Å². The second-order valence-corrected chi connectivity index (χ2v) is 5.61. The van der Waals surface area contributed by atoms with Gasteiger partial charge in [0, 0.05) is 13.1 Å². The maximum atomic E-state index is 12.1. The molecular formula is C17H21N3O5. The normalized spacial score (nSPS) is 14.2. The number of rotatable bonds is 8. The van der Waals surface area contributed by atoms with Gasteiger partial charge in [-0.25, -0.2) is 9.69 Å². The number of ether oxygens (including phenoxy) is 1. The predicted octanol–water partition coefficient (Wildman–Crippen LogP) is 0.902. The minimum absolute atomic E-state index is 0.184. The molecule has 0 saturated carbocycles. The molecule has 0 bridgehead atoms. The summed E-state index contributed by atoms with van der Waals surface area (Å²) in [4.78, 5) is 49.4. The number of unbranched alkanes of at least 4 members (excludes halogenated alkanes) is 1. The zero-order valence-corrected chi connectivity index (χ0v) is 14.3. The summed E-state index contributed by atoms with van der Waals surface area (Å²) in [7, 11) is 1.56. The van der Waals surface area contributed by atoms with Crippen molar-refractivity contribution in [1.29, 1.82) is 0 Å². The number of amides is 5. The maximum absolute atomic E-state index is 12.1. The zero-order valence-electron chi connectivity index (χ0n) is 14.3. The molecule has 1 N–H and O–H groups in total. The number of methoxy groups -OCH3 is 1. The highest BCUT2D eigenvalue weighted by molar-refractivity contribution is 6.45. The lowest BCUT2D eigenvalue weighted by atomic mass is 10.2. The molecule has 0 atom stereocenters.